The highest BCUT2D eigenvalue weighted by Crippen LogP contribution is 2.30. The first-order chi connectivity index (χ1) is 17.7. The van der Waals surface area contributed by atoms with Crippen molar-refractivity contribution in [2.45, 2.75) is 19.4 Å². The Kier molecular flexibility index (Phi) is 6.19. The van der Waals surface area contributed by atoms with Gasteiger partial charge in [-0.25, -0.2) is 32.9 Å². The maximum Gasteiger partial charge on any atom is 0.341 e. The molecule has 2 aliphatic heterocycles. The van der Waals surface area contributed by atoms with E-state index in [0.29, 0.717) is 25.1 Å². The van der Waals surface area contributed by atoms with E-state index in [9.17, 15) is 22.8 Å². The van der Waals surface area contributed by atoms with Gasteiger partial charge in [0.25, 0.3) is 5.91 Å². The van der Waals surface area contributed by atoms with E-state index >= 15 is 0 Å². The first kappa shape index (κ1) is 24.1. The summed E-state index contributed by atoms with van der Waals surface area (Å²) < 4.78 is 43.0. The Hall–Kier alpha value is -4.56. The van der Waals surface area contributed by atoms with E-state index < -0.39 is 35.4 Å². The molecular weight excluding hydrogens is 493 g/mol. The number of carbonyl (C=O) groups excluding carboxylic acids is 2. The number of hydrogen-bond acceptors (Lipinski definition) is 8. The Balaban J connectivity index is 1.29. The molecule has 4 heterocycles. The molecule has 37 heavy (non-hydrogen) atoms. The number of aryl methyl sites for hydroxylation is 1. The Morgan fingerprint density at radius 2 is 1.73 bits per heavy atom. The van der Waals surface area contributed by atoms with Crippen molar-refractivity contribution in [1.82, 2.24) is 34.6 Å². The van der Waals surface area contributed by atoms with E-state index in [-0.39, 0.29) is 36.5 Å². The summed E-state index contributed by atoms with van der Waals surface area (Å²) in [5.74, 6) is -3.14. The van der Waals surface area contributed by atoms with Crippen LogP contribution < -0.4 is 10.6 Å². The van der Waals surface area contributed by atoms with E-state index in [1.807, 2.05) is 0 Å². The fraction of sp³-hybridized carbons (Fsp3) is 0.318. The summed E-state index contributed by atoms with van der Waals surface area (Å²) in [5, 5.41) is 9.26. The number of nitrogens with two attached hydrogens (primary N) is 1. The van der Waals surface area contributed by atoms with Crippen LogP contribution in [0.2, 0.25) is 0 Å². The number of hydrogen-bond donors (Lipinski definition) is 1. The number of hydrazone groups is 1. The van der Waals surface area contributed by atoms with Crippen molar-refractivity contribution in [2.24, 2.45) is 10.8 Å². The van der Waals surface area contributed by atoms with Crippen molar-refractivity contribution in [3.63, 3.8) is 0 Å². The summed E-state index contributed by atoms with van der Waals surface area (Å²) in [6.07, 6.45) is 2.85. The van der Waals surface area contributed by atoms with Gasteiger partial charge in [0.2, 0.25) is 11.8 Å². The van der Waals surface area contributed by atoms with Crippen LogP contribution in [-0.4, -0.2) is 79.0 Å². The van der Waals surface area contributed by atoms with Crippen molar-refractivity contribution < 1.29 is 22.8 Å². The molecule has 0 aliphatic carbocycles. The van der Waals surface area contributed by atoms with Crippen LogP contribution in [-0.2, 0) is 0 Å². The molecule has 0 saturated carbocycles. The molecule has 2 aliphatic rings. The minimum Gasteiger partial charge on any atom is -0.363 e. The van der Waals surface area contributed by atoms with Crippen LogP contribution in [0.5, 0.6) is 0 Å². The van der Waals surface area contributed by atoms with Gasteiger partial charge in [0.05, 0.1) is 12.2 Å². The molecule has 15 heteroatoms. The second-order valence-corrected chi connectivity index (χ2v) is 8.45. The number of anilines is 1. The topological polar surface area (TPSA) is 139 Å². The molecule has 3 amide bonds. The molecular formula is C22H21F3N10O2. The Labute approximate surface area is 208 Å². The maximum atomic E-state index is 14.5. The van der Waals surface area contributed by atoms with Gasteiger partial charge in [-0.15, -0.1) is 5.10 Å². The summed E-state index contributed by atoms with van der Waals surface area (Å²) >= 11 is 0. The van der Waals surface area contributed by atoms with Gasteiger partial charge in [0.15, 0.2) is 11.6 Å². The first-order valence-electron chi connectivity index (χ1n) is 11.3. The van der Waals surface area contributed by atoms with Gasteiger partial charge in [-0.05, 0) is 24.6 Å². The van der Waals surface area contributed by atoms with Crippen molar-refractivity contribution >= 4 is 24.1 Å². The molecule has 0 radical (unpaired) electrons. The van der Waals surface area contributed by atoms with Gasteiger partial charge in [0.1, 0.15) is 17.5 Å². The van der Waals surface area contributed by atoms with E-state index in [0.717, 1.165) is 16.9 Å². The molecule has 2 aromatic heterocycles. The maximum absolute atomic E-state index is 14.5. The van der Waals surface area contributed by atoms with E-state index in [4.69, 9.17) is 5.73 Å². The lowest BCUT2D eigenvalue weighted by Gasteiger charge is -2.37. The van der Waals surface area contributed by atoms with Gasteiger partial charge >= 0.3 is 6.03 Å². The summed E-state index contributed by atoms with van der Waals surface area (Å²) in [4.78, 5) is 40.1. The molecule has 192 valence electrons. The van der Waals surface area contributed by atoms with Crippen LogP contribution in [0.25, 0.3) is 5.82 Å². The van der Waals surface area contributed by atoms with Crippen molar-refractivity contribution in [3.05, 3.63) is 59.1 Å². The van der Waals surface area contributed by atoms with E-state index in [2.05, 4.69) is 25.2 Å². The monoisotopic (exact) mass is 514 g/mol. The van der Waals surface area contributed by atoms with Crippen molar-refractivity contribution in [3.8, 4) is 5.82 Å². The Morgan fingerprint density at radius 1 is 1.03 bits per heavy atom. The lowest BCUT2D eigenvalue weighted by atomic mass is 10.0. The van der Waals surface area contributed by atoms with E-state index in [1.165, 1.54) is 30.3 Å². The number of piperazine rings is 1. The van der Waals surface area contributed by atoms with Crippen molar-refractivity contribution in [2.75, 3.05) is 31.1 Å². The fourth-order valence-corrected chi connectivity index (χ4v) is 4.23. The third-order valence-corrected chi connectivity index (χ3v) is 6.03. The van der Waals surface area contributed by atoms with Gasteiger partial charge < -0.3 is 15.5 Å². The number of halogens is 3. The summed E-state index contributed by atoms with van der Waals surface area (Å²) in [6, 6.07) is 2.13. The zero-order valence-corrected chi connectivity index (χ0v) is 19.6. The number of primary amides is 1. The predicted molar refractivity (Wildman–Crippen MR) is 123 cm³/mol. The predicted octanol–water partition coefficient (Wildman–Crippen LogP) is 1.56. The van der Waals surface area contributed by atoms with Crippen LogP contribution in [0.4, 0.5) is 23.9 Å². The third kappa shape index (κ3) is 4.66. The quantitative estimate of drug-likeness (QED) is 0.557. The largest absolute Gasteiger partial charge is 0.363 e. The standard InChI is InChI=1S/C22H21F3N10O2/c1-12-29-19(18(26)36)31-34(12)20-16(25)11-27-21(30-20)32-4-6-33(7-5-32)22(37)35-17(2-3-28-35)13-8-14(23)10-15(24)9-13/h3,8-11,17H,2,4-7H2,1H3,(H2,26,36)/t17-/m0/s1. The fourth-order valence-electron chi connectivity index (χ4n) is 4.23. The second-order valence-electron chi connectivity index (χ2n) is 8.45. The number of aromatic nitrogens is 5. The zero-order valence-electron chi connectivity index (χ0n) is 19.6. The smallest absolute Gasteiger partial charge is 0.341 e. The average molecular weight is 514 g/mol. The number of carbonyl (C=O) groups is 2. The number of amides is 3. The highest BCUT2D eigenvalue weighted by Gasteiger charge is 2.34. The number of nitrogens with zero attached hydrogens (tertiary/aromatic N) is 9. The van der Waals surface area contributed by atoms with Gasteiger partial charge in [0, 0.05) is 44.9 Å². The normalized spacial score (nSPS) is 17.5. The highest BCUT2D eigenvalue weighted by molar-refractivity contribution is 5.88. The molecule has 1 atom stereocenters. The molecule has 2 N–H and O–H groups in total. The molecule has 1 aromatic carbocycles. The second kappa shape index (κ2) is 9.48. The molecule has 12 nitrogen and oxygen atoms in total. The van der Waals surface area contributed by atoms with Crippen molar-refractivity contribution in [1.29, 1.82) is 0 Å². The van der Waals surface area contributed by atoms with E-state index in [1.54, 1.807) is 9.80 Å². The molecule has 0 spiro atoms. The zero-order chi connectivity index (χ0) is 26.3. The van der Waals surface area contributed by atoms with Crippen LogP contribution in [0.1, 0.15) is 34.5 Å². The minimum absolute atomic E-state index is 0.197. The Morgan fingerprint density at radius 3 is 2.38 bits per heavy atom. The first-order valence-corrected chi connectivity index (χ1v) is 11.3. The number of urea groups is 1. The number of benzene rings is 1. The van der Waals surface area contributed by atoms with Crippen LogP contribution in [0.15, 0.2) is 29.5 Å². The van der Waals surface area contributed by atoms with Gasteiger partial charge in [-0.3, -0.25) is 4.79 Å². The summed E-state index contributed by atoms with van der Waals surface area (Å²) in [5.41, 5.74) is 5.52. The average Bonchev–Trinajstić information content (AvgIpc) is 3.51. The number of rotatable bonds is 4. The van der Waals surface area contributed by atoms with Crippen LogP contribution >= 0.6 is 0 Å². The van der Waals surface area contributed by atoms with Gasteiger partial charge in [-0.1, -0.05) is 0 Å². The SMILES string of the molecule is Cc1nc(C(N)=O)nn1-c1nc(N2CCN(C(=O)N3N=CC[C@H]3c3cc(F)cc(F)c3)CC2)ncc1F. The molecule has 0 bridgehead atoms. The van der Waals surface area contributed by atoms with Crippen LogP contribution in [0, 0.1) is 24.4 Å². The third-order valence-electron chi connectivity index (χ3n) is 6.03. The van der Waals surface area contributed by atoms with Crippen LogP contribution in [0.3, 0.4) is 0 Å². The molecule has 3 aromatic rings. The lowest BCUT2D eigenvalue weighted by molar-refractivity contribution is 0.0990. The molecule has 5 rings (SSSR count). The summed E-state index contributed by atoms with van der Waals surface area (Å²) in [6.45, 7) is 2.74. The highest BCUT2D eigenvalue weighted by atomic mass is 19.1. The lowest BCUT2D eigenvalue weighted by Crippen LogP contribution is -2.52. The molecule has 0 unspecified atom stereocenters. The molecule has 1 saturated heterocycles. The van der Waals surface area contributed by atoms with Gasteiger partial charge in [-0.2, -0.15) is 14.8 Å². The molecule has 1 fully saturated rings. The Bertz CT molecular complexity index is 1380. The minimum atomic E-state index is -0.857. The summed E-state index contributed by atoms with van der Waals surface area (Å²) in [7, 11) is 0.